The molecule has 1 fully saturated rings. The van der Waals surface area contributed by atoms with Crippen molar-refractivity contribution >= 4 is 28.3 Å². The van der Waals surface area contributed by atoms with Crippen LogP contribution in [-0.4, -0.2) is 56.1 Å². The quantitative estimate of drug-likeness (QED) is 0.324. The van der Waals surface area contributed by atoms with E-state index in [4.69, 9.17) is 0 Å². The van der Waals surface area contributed by atoms with Gasteiger partial charge in [0.2, 0.25) is 0 Å². The molecular weight excluding hydrogens is 500 g/mol. The molecule has 0 bridgehead atoms. The van der Waals surface area contributed by atoms with E-state index in [9.17, 15) is 9.59 Å². The van der Waals surface area contributed by atoms with Crippen LogP contribution in [-0.2, 0) is 17.9 Å². The lowest BCUT2D eigenvalue weighted by Gasteiger charge is -2.39. The number of benzene rings is 2. The second kappa shape index (κ2) is 11.1. The molecular formula is C32H36N6O2. The maximum atomic E-state index is 13.0. The lowest BCUT2D eigenvalue weighted by molar-refractivity contribution is -0.115. The highest BCUT2D eigenvalue weighted by Crippen LogP contribution is 2.28. The molecule has 0 spiro atoms. The maximum Gasteiger partial charge on any atom is 0.254 e. The van der Waals surface area contributed by atoms with E-state index in [0.717, 1.165) is 28.7 Å². The summed E-state index contributed by atoms with van der Waals surface area (Å²) in [4.78, 5) is 31.8. The van der Waals surface area contributed by atoms with E-state index in [-0.39, 0.29) is 17.9 Å². The van der Waals surface area contributed by atoms with Crippen LogP contribution in [0.25, 0.3) is 16.5 Å². The fourth-order valence-electron chi connectivity index (χ4n) is 5.95. The Bertz CT molecular complexity index is 1540. The summed E-state index contributed by atoms with van der Waals surface area (Å²) in [7, 11) is 0. The van der Waals surface area contributed by atoms with Gasteiger partial charge >= 0.3 is 0 Å². The fraction of sp³-hybridized carbons (Fsp3) is 0.344. The van der Waals surface area contributed by atoms with Gasteiger partial charge in [0.25, 0.3) is 11.8 Å². The highest BCUT2D eigenvalue weighted by molar-refractivity contribution is 6.20. The summed E-state index contributed by atoms with van der Waals surface area (Å²) in [5.41, 5.74) is 5.15. The van der Waals surface area contributed by atoms with Gasteiger partial charge in [0.05, 0.1) is 35.6 Å². The molecule has 1 saturated heterocycles. The molecule has 2 aromatic heterocycles. The number of nitrogens with zero attached hydrogens (tertiary/aromatic N) is 3. The van der Waals surface area contributed by atoms with Crippen molar-refractivity contribution in [3.63, 3.8) is 0 Å². The van der Waals surface area contributed by atoms with Gasteiger partial charge in [0.15, 0.2) is 0 Å². The summed E-state index contributed by atoms with van der Waals surface area (Å²) in [6, 6.07) is 19.4. The lowest BCUT2D eigenvalue weighted by Crippen LogP contribution is -2.46. The standard InChI is InChI=1S/C32H36N6O2/c1-21-7-6-8-22(2)38(21)19-24-11-12-29-25(13-24)14-30(36-29)28-15-27(17-33-32(28)40)35-31(39)26-16-34-37(20-26)18-23-9-4-3-5-10-23/h3-5,9-16,20-22,27,36H,6-8,17-19H2,1-2H3,(H,33,40)(H,35,39)/t21-,22+,27?. The molecule has 0 radical (unpaired) electrons. The van der Waals surface area contributed by atoms with Crippen molar-refractivity contribution in [3.8, 4) is 0 Å². The molecule has 2 aromatic carbocycles. The summed E-state index contributed by atoms with van der Waals surface area (Å²) in [6.45, 7) is 6.50. The first kappa shape index (κ1) is 26.1. The Morgan fingerprint density at radius 2 is 1.82 bits per heavy atom. The van der Waals surface area contributed by atoms with Crippen LogP contribution >= 0.6 is 0 Å². The molecule has 3 N–H and O–H groups in total. The molecule has 1 unspecified atom stereocenters. The molecule has 206 valence electrons. The average molecular weight is 537 g/mol. The number of rotatable bonds is 7. The number of piperidine rings is 1. The van der Waals surface area contributed by atoms with Crippen LogP contribution in [0.4, 0.5) is 0 Å². The van der Waals surface area contributed by atoms with Crippen LogP contribution in [0.2, 0.25) is 0 Å². The summed E-state index contributed by atoms with van der Waals surface area (Å²) in [6.07, 6.45) is 8.96. The third-order valence-electron chi connectivity index (χ3n) is 8.21. The molecule has 2 aliphatic rings. The minimum Gasteiger partial charge on any atom is -0.354 e. The number of nitrogens with one attached hydrogen (secondary N) is 3. The second-order valence-electron chi connectivity index (χ2n) is 11.2. The zero-order chi connectivity index (χ0) is 27.6. The third kappa shape index (κ3) is 5.58. The number of likely N-dealkylation sites (tertiary alicyclic amines) is 1. The largest absolute Gasteiger partial charge is 0.354 e. The second-order valence-corrected chi connectivity index (χ2v) is 11.2. The average Bonchev–Trinajstić information content (AvgIpc) is 3.59. The van der Waals surface area contributed by atoms with E-state index >= 15 is 0 Å². The number of amides is 2. The van der Waals surface area contributed by atoms with Crippen molar-refractivity contribution in [2.45, 2.75) is 64.3 Å². The molecule has 2 amide bonds. The molecule has 4 aromatic rings. The maximum absolute atomic E-state index is 13.0. The van der Waals surface area contributed by atoms with Gasteiger partial charge in [0, 0.05) is 42.3 Å². The number of fused-ring (bicyclic) bond motifs is 1. The summed E-state index contributed by atoms with van der Waals surface area (Å²) in [5, 5.41) is 11.4. The van der Waals surface area contributed by atoms with Crippen LogP contribution in [0.5, 0.6) is 0 Å². The first-order chi connectivity index (χ1) is 19.4. The Morgan fingerprint density at radius 1 is 1.02 bits per heavy atom. The first-order valence-electron chi connectivity index (χ1n) is 14.2. The van der Waals surface area contributed by atoms with Crippen molar-refractivity contribution in [1.82, 2.24) is 30.3 Å². The smallest absolute Gasteiger partial charge is 0.254 e. The van der Waals surface area contributed by atoms with Crippen molar-refractivity contribution in [2.24, 2.45) is 0 Å². The Morgan fingerprint density at radius 3 is 2.62 bits per heavy atom. The minimum absolute atomic E-state index is 0.149. The number of carbonyl (C=O) groups excluding carboxylic acids is 2. The van der Waals surface area contributed by atoms with E-state index in [1.165, 1.54) is 24.8 Å². The lowest BCUT2D eigenvalue weighted by atomic mass is 9.96. The van der Waals surface area contributed by atoms with Crippen LogP contribution in [0, 0.1) is 0 Å². The van der Waals surface area contributed by atoms with Gasteiger partial charge in [-0.3, -0.25) is 19.2 Å². The van der Waals surface area contributed by atoms with Gasteiger partial charge in [0.1, 0.15) is 0 Å². The number of aromatic nitrogens is 3. The van der Waals surface area contributed by atoms with E-state index < -0.39 is 0 Å². The number of hydrogen-bond acceptors (Lipinski definition) is 4. The van der Waals surface area contributed by atoms with E-state index in [2.05, 4.69) is 57.7 Å². The Kier molecular flexibility index (Phi) is 7.26. The van der Waals surface area contributed by atoms with Crippen molar-refractivity contribution < 1.29 is 9.59 Å². The first-order valence-corrected chi connectivity index (χ1v) is 14.2. The van der Waals surface area contributed by atoms with Crippen LogP contribution in [0.1, 0.15) is 60.3 Å². The van der Waals surface area contributed by atoms with Crippen LogP contribution in [0.3, 0.4) is 0 Å². The molecule has 0 aliphatic carbocycles. The molecule has 2 aliphatic heterocycles. The van der Waals surface area contributed by atoms with E-state index in [1.54, 1.807) is 17.1 Å². The Hall–Kier alpha value is -4.17. The number of carbonyl (C=O) groups is 2. The molecule has 40 heavy (non-hydrogen) atoms. The highest BCUT2D eigenvalue weighted by Gasteiger charge is 2.26. The number of H-pyrrole nitrogens is 1. The topological polar surface area (TPSA) is 95.1 Å². The molecule has 6 rings (SSSR count). The van der Waals surface area contributed by atoms with E-state index in [0.29, 0.717) is 36.3 Å². The van der Waals surface area contributed by atoms with Crippen LogP contribution < -0.4 is 10.6 Å². The monoisotopic (exact) mass is 536 g/mol. The van der Waals surface area contributed by atoms with Gasteiger partial charge in [-0.2, -0.15) is 5.10 Å². The van der Waals surface area contributed by atoms with Gasteiger partial charge < -0.3 is 15.6 Å². The van der Waals surface area contributed by atoms with Gasteiger partial charge in [-0.1, -0.05) is 42.8 Å². The van der Waals surface area contributed by atoms with Gasteiger partial charge in [-0.15, -0.1) is 0 Å². The Labute approximate surface area is 234 Å². The van der Waals surface area contributed by atoms with Crippen molar-refractivity contribution in [1.29, 1.82) is 0 Å². The SMILES string of the molecule is C[C@@H]1CCC[C@H](C)N1Cc1ccc2[nH]c(C3=CC(NC(=O)c4cnn(Cc5ccccc5)c4)CNC3=O)cc2c1. The Balaban J connectivity index is 1.16. The van der Waals surface area contributed by atoms with Crippen molar-refractivity contribution in [3.05, 3.63) is 95.5 Å². The molecule has 4 heterocycles. The van der Waals surface area contributed by atoms with Crippen LogP contribution in [0.15, 0.2) is 73.1 Å². The molecule has 8 nitrogen and oxygen atoms in total. The predicted octanol–water partition coefficient (Wildman–Crippen LogP) is 4.49. The van der Waals surface area contributed by atoms with Gasteiger partial charge in [-0.05, 0) is 62.1 Å². The summed E-state index contributed by atoms with van der Waals surface area (Å²) >= 11 is 0. The summed E-state index contributed by atoms with van der Waals surface area (Å²) < 4.78 is 1.75. The zero-order valence-electron chi connectivity index (χ0n) is 23.1. The highest BCUT2D eigenvalue weighted by atomic mass is 16.2. The third-order valence-corrected chi connectivity index (χ3v) is 8.21. The molecule has 3 atom stereocenters. The van der Waals surface area contributed by atoms with E-state index in [1.807, 2.05) is 42.5 Å². The molecule has 8 heteroatoms. The van der Waals surface area contributed by atoms with Gasteiger partial charge in [-0.25, -0.2) is 0 Å². The predicted molar refractivity (Wildman–Crippen MR) is 157 cm³/mol. The molecule has 0 saturated carbocycles. The minimum atomic E-state index is -0.332. The zero-order valence-corrected chi connectivity index (χ0v) is 23.1. The number of aromatic amines is 1. The van der Waals surface area contributed by atoms with Crippen molar-refractivity contribution in [2.75, 3.05) is 6.54 Å². The summed E-state index contributed by atoms with van der Waals surface area (Å²) in [5.74, 6) is -0.373. The number of hydrogen-bond donors (Lipinski definition) is 3. The normalized spacial score (nSPS) is 21.7. The fourth-order valence-corrected chi connectivity index (χ4v) is 5.95.